The Labute approximate surface area is 178 Å². The zero-order valence-corrected chi connectivity index (χ0v) is 17.3. The van der Waals surface area contributed by atoms with Crippen LogP contribution in [0.15, 0.2) is 97.1 Å². The van der Waals surface area contributed by atoms with Crippen molar-refractivity contribution in [2.75, 3.05) is 4.90 Å². The fourth-order valence-corrected chi connectivity index (χ4v) is 4.65. The lowest BCUT2D eigenvalue weighted by atomic mass is 9.82. The number of benzene rings is 4. The second-order valence-electron chi connectivity index (χ2n) is 8.40. The molecule has 0 aliphatic heterocycles. The molecule has 0 saturated carbocycles. The van der Waals surface area contributed by atoms with E-state index >= 15 is 0 Å². The third-order valence-corrected chi connectivity index (χ3v) is 6.19. The largest absolute Gasteiger partial charge is 0.392 e. The number of aliphatic hydroxyl groups excluding tert-OH is 1. The number of aliphatic hydroxyl groups is 1. The van der Waals surface area contributed by atoms with Crippen molar-refractivity contribution in [3.8, 4) is 11.1 Å². The number of para-hydroxylation sites is 1. The smallest absolute Gasteiger partial charge is 0.0682 e. The summed E-state index contributed by atoms with van der Waals surface area (Å²) in [4.78, 5) is 2.26. The van der Waals surface area contributed by atoms with E-state index in [2.05, 4.69) is 97.6 Å². The molecule has 1 N–H and O–H groups in total. The Balaban J connectivity index is 1.69. The second-order valence-corrected chi connectivity index (χ2v) is 8.40. The predicted molar refractivity (Wildman–Crippen MR) is 125 cm³/mol. The number of hydrogen-bond acceptors (Lipinski definition) is 2. The number of nitrogens with zero attached hydrogens (tertiary/aromatic N) is 1. The molecule has 0 bridgehead atoms. The van der Waals surface area contributed by atoms with E-state index in [1.807, 2.05) is 18.2 Å². The van der Waals surface area contributed by atoms with Gasteiger partial charge < -0.3 is 10.0 Å². The van der Waals surface area contributed by atoms with Gasteiger partial charge in [0.05, 0.1) is 6.61 Å². The lowest BCUT2D eigenvalue weighted by Gasteiger charge is -2.28. The summed E-state index contributed by atoms with van der Waals surface area (Å²) >= 11 is 0. The van der Waals surface area contributed by atoms with Gasteiger partial charge in [-0.25, -0.2) is 0 Å². The fraction of sp³-hybridized carbons (Fsp3) is 0.143. The van der Waals surface area contributed by atoms with E-state index in [-0.39, 0.29) is 12.0 Å². The molecule has 0 fully saturated rings. The molecule has 2 heteroatoms. The first-order chi connectivity index (χ1) is 14.6. The van der Waals surface area contributed by atoms with Crippen molar-refractivity contribution >= 4 is 17.1 Å². The van der Waals surface area contributed by atoms with Crippen LogP contribution in [0.5, 0.6) is 0 Å². The van der Waals surface area contributed by atoms with Crippen molar-refractivity contribution in [1.29, 1.82) is 0 Å². The summed E-state index contributed by atoms with van der Waals surface area (Å²) in [7, 11) is 0. The van der Waals surface area contributed by atoms with Crippen LogP contribution in [0, 0.1) is 0 Å². The maximum absolute atomic E-state index is 9.66. The van der Waals surface area contributed by atoms with Crippen LogP contribution in [0.2, 0.25) is 0 Å². The molecular weight excluding hydrogens is 366 g/mol. The normalized spacial score (nSPS) is 13.6. The molecule has 5 rings (SSSR count). The van der Waals surface area contributed by atoms with Crippen LogP contribution in [0.25, 0.3) is 11.1 Å². The molecule has 0 spiro atoms. The van der Waals surface area contributed by atoms with E-state index in [0.717, 1.165) is 22.6 Å². The Morgan fingerprint density at radius 2 is 1.30 bits per heavy atom. The van der Waals surface area contributed by atoms with Crippen LogP contribution in [0.1, 0.15) is 30.5 Å². The summed E-state index contributed by atoms with van der Waals surface area (Å²) in [5.41, 5.74) is 9.50. The molecule has 148 valence electrons. The Hall–Kier alpha value is -3.36. The first-order valence-corrected chi connectivity index (χ1v) is 10.4. The van der Waals surface area contributed by atoms with Gasteiger partial charge in [-0.15, -0.1) is 0 Å². The van der Waals surface area contributed by atoms with Gasteiger partial charge in [-0.2, -0.15) is 0 Å². The minimum atomic E-state index is -0.0444. The third kappa shape index (κ3) is 2.92. The predicted octanol–water partition coefficient (Wildman–Crippen LogP) is 6.96. The summed E-state index contributed by atoms with van der Waals surface area (Å²) in [5, 5.41) is 9.66. The van der Waals surface area contributed by atoms with Gasteiger partial charge in [0, 0.05) is 22.5 Å². The molecule has 1 aliphatic rings. The van der Waals surface area contributed by atoms with Crippen molar-refractivity contribution in [1.82, 2.24) is 0 Å². The van der Waals surface area contributed by atoms with Crippen LogP contribution >= 0.6 is 0 Å². The van der Waals surface area contributed by atoms with Gasteiger partial charge in [0.25, 0.3) is 0 Å². The molecule has 30 heavy (non-hydrogen) atoms. The van der Waals surface area contributed by atoms with Crippen molar-refractivity contribution < 1.29 is 5.11 Å². The van der Waals surface area contributed by atoms with E-state index in [1.165, 1.54) is 22.3 Å². The highest BCUT2D eigenvalue weighted by Gasteiger charge is 2.35. The molecule has 4 aromatic carbocycles. The molecule has 0 unspecified atom stereocenters. The van der Waals surface area contributed by atoms with Crippen LogP contribution in [0.4, 0.5) is 17.1 Å². The molecule has 4 aromatic rings. The highest BCUT2D eigenvalue weighted by atomic mass is 16.3. The minimum absolute atomic E-state index is 0.0308. The quantitative estimate of drug-likeness (QED) is 0.407. The number of hydrogen-bond donors (Lipinski definition) is 1. The molecule has 0 aromatic heterocycles. The zero-order chi connectivity index (χ0) is 20.7. The average Bonchev–Trinajstić information content (AvgIpc) is 3.02. The molecule has 0 amide bonds. The van der Waals surface area contributed by atoms with E-state index in [0.29, 0.717) is 0 Å². The van der Waals surface area contributed by atoms with Crippen LogP contribution in [-0.4, -0.2) is 5.11 Å². The highest BCUT2D eigenvalue weighted by molar-refractivity contribution is 5.85. The van der Waals surface area contributed by atoms with Gasteiger partial charge >= 0.3 is 0 Å². The maximum Gasteiger partial charge on any atom is 0.0682 e. The van der Waals surface area contributed by atoms with Crippen molar-refractivity contribution in [3.63, 3.8) is 0 Å². The Bertz CT molecular complexity index is 1210. The van der Waals surface area contributed by atoms with Gasteiger partial charge in [-0.3, -0.25) is 0 Å². The zero-order valence-electron chi connectivity index (χ0n) is 17.3. The molecule has 1 aliphatic carbocycles. The summed E-state index contributed by atoms with van der Waals surface area (Å²) in [6.45, 7) is 4.64. The molecular formula is C28H25NO. The monoisotopic (exact) mass is 391 g/mol. The summed E-state index contributed by atoms with van der Waals surface area (Å²) in [6, 6.07) is 34.0. The van der Waals surface area contributed by atoms with Crippen LogP contribution in [0.3, 0.4) is 0 Å². The summed E-state index contributed by atoms with van der Waals surface area (Å²) in [6.07, 6.45) is 0. The van der Waals surface area contributed by atoms with E-state index < -0.39 is 0 Å². The first kappa shape index (κ1) is 18.7. The Morgan fingerprint density at radius 1 is 0.633 bits per heavy atom. The number of fused-ring (bicyclic) bond motifs is 3. The van der Waals surface area contributed by atoms with Crippen LogP contribution < -0.4 is 4.90 Å². The SMILES string of the molecule is CC1(C)c2ccccc2-c2ccc(N(c3ccccc3)c3cccc(CO)c3)cc21. The van der Waals surface area contributed by atoms with E-state index in [1.54, 1.807) is 0 Å². The van der Waals surface area contributed by atoms with Gasteiger partial charge in [-0.05, 0) is 64.2 Å². The summed E-state index contributed by atoms with van der Waals surface area (Å²) < 4.78 is 0. The molecule has 0 radical (unpaired) electrons. The maximum atomic E-state index is 9.66. The molecule has 0 atom stereocenters. The van der Waals surface area contributed by atoms with Crippen LogP contribution in [-0.2, 0) is 12.0 Å². The lowest BCUT2D eigenvalue weighted by Crippen LogP contribution is -2.16. The van der Waals surface area contributed by atoms with Gasteiger partial charge in [0.2, 0.25) is 0 Å². The topological polar surface area (TPSA) is 23.5 Å². The molecule has 2 nitrogen and oxygen atoms in total. The van der Waals surface area contributed by atoms with Gasteiger partial charge in [0.1, 0.15) is 0 Å². The standard InChI is InChI=1S/C28H25NO/c1-28(2)26-14-7-6-13-24(26)25-16-15-23(18-27(25)28)29(21-10-4-3-5-11-21)22-12-8-9-20(17-22)19-30/h3-18,30H,19H2,1-2H3. The molecule has 0 heterocycles. The first-order valence-electron chi connectivity index (χ1n) is 10.4. The van der Waals surface area contributed by atoms with Crippen molar-refractivity contribution in [2.45, 2.75) is 25.9 Å². The van der Waals surface area contributed by atoms with Gasteiger partial charge in [0.15, 0.2) is 0 Å². The number of rotatable bonds is 4. The Kier molecular flexibility index (Phi) is 4.45. The van der Waals surface area contributed by atoms with Crippen molar-refractivity contribution in [3.05, 3.63) is 114 Å². The Morgan fingerprint density at radius 3 is 2.10 bits per heavy atom. The lowest BCUT2D eigenvalue weighted by molar-refractivity contribution is 0.282. The van der Waals surface area contributed by atoms with Crippen molar-refractivity contribution in [2.24, 2.45) is 0 Å². The minimum Gasteiger partial charge on any atom is -0.392 e. The highest BCUT2D eigenvalue weighted by Crippen LogP contribution is 2.50. The molecule has 0 saturated heterocycles. The average molecular weight is 392 g/mol. The summed E-state index contributed by atoms with van der Waals surface area (Å²) in [5.74, 6) is 0. The fourth-order valence-electron chi connectivity index (χ4n) is 4.65. The second kappa shape index (κ2) is 7.16. The number of anilines is 3. The van der Waals surface area contributed by atoms with E-state index in [9.17, 15) is 5.11 Å². The van der Waals surface area contributed by atoms with Gasteiger partial charge in [-0.1, -0.05) is 74.5 Å². The van der Waals surface area contributed by atoms with E-state index in [4.69, 9.17) is 0 Å². The third-order valence-electron chi connectivity index (χ3n) is 6.19.